The van der Waals surface area contributed by atoms with Crippen molar-refractivity contribution in [1.82, 2.24) is 0 Å². The van der Waals surface area contributed by atoms with E-state index in [-0.39, 0.29) is 46.6 Å². The van der Waals surface area contributed by atoms with Crippen LogP contribution in [-0.2, 0) is 21.9 Å². The molecule has 0 fully saturated rings. The van der Waals surface area contributed by atoms with Gasteiger partial charge in [0.05, 0.1) is 0 Å². The molecule has 0 bridgehead atoms. The van der Waals surface area contributed by atoms with E-state index >= 15 is 0 Å². The molecule has 0 amide bonds. The molecule has 38 valence electrons. The predicted octanol–water partition coefficient (Wildman–Crippen LogP) is -0.394. The first-order chi connectivity index (χ1) is 2.27. The average Bonchev–Trinajstić information content (AvgIpc) is 1.38. The Kier molecular flexibility index (Phi) is 22.1. The van der Waals surface area contributed by atoms with Crippen LogP contribution < -0.4 is 0 Å². The summed E-state index contributed by atoms with van der Waals surface area (Å²) in [6.07, 6.45) is 0.833. The molecule has 0 aromatic heterocycles. The molecule has 0 heterocycles. The summed E-state index contributed by atoms with van der Waals surface area (Å²) < 4.78 is 0. The van der Waals surface area contributed by atoms with Crippen molar-refractivity contribution in [2.24, 2.45) is 0 Å². The van der Waals surface area contributed by atoms with E-state index < -0.39 is 5.97 Å². The molecule has 0 spiro atoms. The Labute approximate surface area is 74.7 Å². The van der Waals surface area contributed by atoms with Crippen LogP contribution in [0, 0.1) is 0 Å². The quantitative estimate of drug-likeness (QED) is 0.410. The van der Waals surface area contributed by atoms with Gasteiger partial charge in [-0.25, -0.2) is 4.79 Å². The second kappa shape index (κ2) is 9.88. The van der Waals surface area contributed by atoms with Crippen molar-refractivity contribution in [3.63, 3.8) is 0 Å². The average molecular weight is 152 g/mol. The van der Waals surface area contributed by atoms with Crippen LogP contribution in [0.1, 0.15) is 0 Å². The molecule has 0 saturated carbocycles. The van der Waals surface area contributed by atoms with E-state index in [4.69, 9.17) is 5.11 Å². The zero-order valence-corrected chi connectivity index (χ0v) is 4.10. The fraction of sp³-hybridized carbons (Fsp3) is 0. The van der Waals surface area contributed by atoms with Gasteiger partial charge in [0.1, 0.15) is 0 Å². The van der Waals surface area contributed by atoms with E-state index in [1.807, 2.05) is 0 Å². The van der Waals surface area contributed by atoms with Crippen molar-refractivity contribution in [1.29, 1.82) is 0 Å². The molecule has 4 heteroatoms. The summed E-state index contributed by atoms with van der Waals surface area (Å²) in [5.74, 6) is -0.981. The van der Waals surface area contributed by atoms with Gasteiger partial charge in [-0.15, -0.1) is 0 Å². The van der Waals surface area contributed by atoms with Crippen LogP contribution in [0.4, 0.5) is 0 Å². The standard InChI is InChI=1S/C3H4O2.Fe.Na.H/c1-2-3(4)5;;;/h2H,1H2,(H,4,5);;;. The summed E-state index contributed by atoms with van der Waals surface area (Å²) in [4.78, 5) is 9.25. The first-order valence-electron chi connectivity index (χ1n) is 1.12. The number of carboxylic acid groups (broad SMARTS) is 1. The fourth-order valence-electron chi connectivity index (χ4n) is 0. The third kappa shape index (κ3) is 20.2. The number of carbonyl (C=O) groups is 1. The van der Waals surface area contributed by atoms with Gasteiger partial charge in [-0.2, -0.15) is 0 Å². The first-order valence-corrected chi connectivity index (χ1v) is 1.12. The van der Waals surface area contributed by atoms with E-state index in [1.165, 1.54) is 0 Å². The minimum absolute atomic E-state index is 0. The zero-order chi connectivity index (χ0) is 4.28. The van der Waals surface area contributed by atoms with Crippen molar-refractivity contribution in [3.8, 4) is 0 Å². The van der Waals surface area contributed by atoms with Gasteiger partial charge < -0.3 is 5.11 Å². The topological polar surface area (TPSA) is 37.3 Å². The summed E-state index contributed by atoms with van der Waals surface area (Å²) in [6.45, 7) is 2.96. The van der Waals surface area contributed by atoms with Crippen LogP contribution in [0.15, 0.2) is 12.7 Å². The van der Waals surface area contributed by atoms with Crippen LogP contribution in [0.25, 0.3) is 0 Å². The number of rotatable bonds is 1. The van der Waals surface area contributed by atoms with Gasteiger partial charge in [-0.1, -0.05) is 6.58 Å². The van der Waals surface area contributed by atoms with Crippen molar-refractivity contribution < 1.29 is 27.0 Å². The third-order valence-electron chi connectivity index (χ3n) is 0.175. The number of carboxylic acids is 1. The van der Waals surface area contributed by atoms with Gasteiger partial charge in [0, 0.05) is 23.1 Å². The van der Waals surface area contributed by atoms with Crippen LogP contribution >= 0.6 is 0 Å². The van der Waals surface area contributed by atoms with Gasteiger partial charge in [0.25, 0.3) is 0 Å². The molecular weight excluding hydrogens is 147 g/mol. The van der Waals surface area contributed by atoms with Gasteiger partial charge in [0.15, 0.2) is 0 Å². The summed E-state index contributed by atoms with van der Waals surface area (Å²) >= 11 is 0. The fourth-order valence-corrected chi connectivity index (χ4v) is 0. The van der Waals surface area contributed by atoms with Crippen molar-refractivity contribution in [2.75, 3.05) is 0 Å². The second-order valence-corrected chi connectivity index (χ2v) is 0.542. The minimum atomic E-state index is -0.981. The Hall–Kier alpha value is 0.729. The molecular formula is C3H5FeNaO2. The van der Waals surface area contributed by atoms with Crippen LogP contribution in [-0.4, -0.2) is 40.6 Å². The van der Waals surface area contributed by atoms with Gasteiger partial charge >= 0.3 is 35.5 Å². The molecule has 7 heavy (non-hydrogen) atoms. The van der Waals surface area contributed by atoms with Crippen LogP contribution in [0.3, 0.4) is 0 Å². The van der Waals surface area contributed by atoms with Crippen LogP contribution in [0.2, 0.25) is 0 Å². The van der Waals surface area contributed by atoms with E-state index in [1.54, 1.807) is 0 Å². The van der Waals surface area contributed by atoms with E-state index in [0.717, 1.165) is 6.08 Å². The molecule has 0 aromatic carbocycles. The summed E-state index contributed by atoms with van der Waals surface area (Å²) in [6, 6.07) is 0. The molecule has 0 saturated heterocycles. The molecule has 0 aliphatic heterocycles. The molecule has 0 aliphatic carbocycles. The Balaban J connectivity index is -0.0000000800. The van der Waals surface area contributed by atoms with Crippen LogP contribution in [0.5, 0.6) is 0 Å². The van der Waals surface area contributed by atoms with E-state index in [0.29, 0.717) is 0 Å². The second-order valence-electron chi connectivity index (χ2n) is 0.542. The number of aliphatic carboxylic acids is 1. The van der Waals surface area contributed by atoms with E-state index in [2.05, 4.69) is 6.58 Å². The molecule has 0 unspecified atom stereocenters. The Bertz CT molecular complexity index is 64.0. The van der Waals surface area contributed by atoms with Crippen molar-refractivity contribution >= 4 is 35.5 Å². The predicted molar refractivity (Wildman–Crippen MR) is 25.0 cm³/mol. The Morgan fingerprint density at radius 2 is 1.86 bits per heavy atom. The molecule has 0 atom stereocenters. The summed E-state index contributed by atoms with van der Waals surface area (Å²) in [7, 11) is 0. The summed E-state index contributed by atoms with van der Waals surface area (Å²) in [5, 5.41) is 7.60. The Morgan fingerprint density at radius 1 is 1.71 bits per heavy atom. The van der Waals surface area contributed by atoms with Gasteiger partial charge in [-0.05, 0) is 0 Å². The van der Waals surface area contributed by atoms with Gasteiger partial charge in [-0.3, -0.25) is 0 Å². The Morgan fingerprint density at radius 3 is 1.86 bits per heavy atom. The normalized spacial score (nSPS) is 4.57. The van der Waals surface area contributed by atoms with Gasteiger partial charge in [0.2, 0.25) is 0 Å². The third-order valence-corrected chi connectivity index (χ3v) is 0.175. The number of hydrogen-bond acceptors (Lipinski definition) is 1. The maximum absolute atomic E-state index is 9.25. The molecule has 0 aromatic rings. The molecule has 0 rings (SSSR count). The maximum atomic E-state index is 9.25. The molecule has 2 nitrogen and oxygen atoms in total. The molecule has 0 radical (unpaired) electrons. The molecule has 0 aliphatic rings. The molecule has 1 N–H and O–H groups in total. The summed E-state index contributed by atoms with van der Waals surface area (Å²) in [5.41, 5.74) is 0. The monoisotopic (exact) mass is 152 g/mol. The van der Waals surface area contributed by atoms with E-state index in [9.17, 15) is 4.79 Å². The SMILES string of the molecule is C=CC(=O)O.[Fe].[NaH]. The number of hydrogen-bond donors (Lipinski definition) is 1. The first kappa shape index (κ1) is 15.6. The zero-order valence-electron chi connectivity index (χ0n) is 2.99. The van der Waals surface area contributed by atoms with Crippen molar-refractivity contribution in [3.05, 3.63) is 12.7 Å². The van der Waals surface area contributed by atoms with Crippen molar-refractivity contribution in [2.45, 2.75) is 0 Å².